The highest BCUT2D eigenvalue weighted by molar-refractivity contribution is 7.92. The highest BCUT2D eigenvalue weighted by atomic mass is 35.5. The molecule has 236 valence electrons. The topological polar surface area (TPSA) is 96.0 Å². The summed E-state index contributed by atoms with van der Waals surface area (Å²) in [4.78, 5) is 29.7. The summed E-state index contributed by atoms with van der Waals surface area (Å²) in [6.07, 6.45) is 1.90. The summed E-state index contributed by atoms with van der Waals surface area (Å²) in [6, 6.07) is 30.0. The van der Waals surface area contributed by atoms with Gasteiger partial charge in [0, 0.05) is 24.5 Å². The summed E-state index contributed by atoms with van der Waals surface area (Å²) < 4.78 is 34.5. The third kappa shape index (κ3) is 8.86. The van der Waals surface area contributed by atoms with Crippen molar-refractivity contribution in [3.8, 4) is 5.75 Å². The molecule has 10 heteroatoms. The molecule has 1 unspecified atom stereocenters. The summed E-state index contributed by atoms with van der Waals surface area (Å²) in [5.41, 5.74) is 1.80. The fourth-order valence-electron chi connectivity index (χ4n) is 4.87. The number of hydrogen-bond donors (Lipinski definition) is 1. The number of anilines is 1. The number of nitrogens with one attached hydrogen (secondary N) is 1. The van der Waals surface area contributed by atoms with Crippen molar-refractivity contribution in [2.75, 3.05) is 24.5 Å². The van der Waals surface area contributed by atoms with Crippen molar-refractivity contribution >= 4 is 39.1 Å². The second-order valence-electron chi connectivity index (χ2n) is 10.5. The molecular formula is C35H38ClN3O5S. The largest absolute Gasteiger partial charge is 0.497 e. The Morgan fingerprint density at radius 1 is 0.867 bits per heavy atom. The maximum Gasteiger partial charge on any atom is 0.264 e. The van der Waals surface area contributed by atoms with Crippen LogP contribution in [0.4, 0.5) is 5.69 Å². The predicted molar refractivity (Wildman–Crippen MR) is 178 cm³/mol. The lowest BCUT2D eigenvalue weighted by Crippen LogP contribution is -2.53. The summed E-state index contributed by atoms with van der Waals surface area (Å²) in [7, 11) is -2.71. The van der Waals surface area contributed by atoms with E-state index in [2.05, 4.69) is 5.32 Å². The number of ether oxygens (including phenoxy) is 1. The van der Waals surface area contributed by atoms with Crippen molar-refractivity contribution in [1.82, 2.24) is 10.2 Å². The Hall–Kier alpha value is -4.34. The third-order valence-electron chi connectivity index (χ3n) is 7.37. The Kier molecular flexibility index (Phi) is 12.0. The average molecular weight is 648 g/mol. The molecule has 45 heavy (non-hydrogen) atoms. The van der Waals surface area contributed by atoms with Gasteiger partial charge in [0.25, 0.3) is 10.0 Å². The van der Waals surface area contributed by atoms with Gasteiger partial charge in [-0.25, -0.2) is 8.42 Å². The fourth-order valence-corrected chi connectivity index (χ4v) is 6.48. The first kappa shape index (κ1) is 33.6. The molecule has 4 aromatic carbocycles. The van der Waals surface area contributed by atoms with Gasteiger partial charge in [0.1, 0.15) is 18.3 Å². The van der Waals surface area contributed by atoms with Gasteiger partial charge in [-0.1, -0.05) is 91.7 Å². The molecule has 1 atom stereocenters. The average Bonchev–Trinajstić information content (AvgIpc) is 3.06. The van der Waals surface area contributed by atoms with E-state index in [1.807, 2.05) is 43.3 Å². The molecule has 0 saturated heterocycles. The molecule has 0 radical (unpaired) electrons. The number of halogens is 1. The minimum absolute atomic E-state index is 0.00240. The second-order valence-corrected chi connectivity index (χ2v) is 12.8. The molecule has 0 aromatic heterocycles. The van der Waals surface area contributed by atoms with E-state index in [1.165, 1.54) is 24.1 Å². The summed E-state index contributed by atoms with van der Waals surface area (Å²) >= 11 is 6.54. The Bertz CT molecular complexity index is 1650. The number of amides is 2. The van der Waals surface area contributed by atoms with Gasteiger partial charge in [0.15, 0.2) is 0 Å². The van der Waals surface area contributed by atoms with Crippen LogP contribution in [-0.4, -0.2) is 51.4 Å². The van der Waals surface area contributed by atoms with Gasteiger partial charge < -0.3 is 15.0 Å². The van der Waals surface area contributed by atoms with Crippen molar-refractivity contribution in [1.29, 1.82) is 0 Å². The first-order chi connectivity index (χ1) is 21.7. The second kappa shape index (κ2) is 16.1. The van der Waals surface area contributed by atoms with Crippen LogP contribution in [0.1, 0.15) is 30.9 Å². The Labute approximate surface area is 270 Å². The number of carbonyl (C=O) groups is 2. The third-order valence-corrected chi connectivity index (χ3v) is 9.53. The number of rotatable bonds is 15. The molecule has 1 N–H and O–H groups in total. The summed E-state index contributed by atoms with van der Waals surface area (Å²) in [6.45, 7) is 1.94. The predicted octanol–water partition coefficient (Wildman–Crippen LogP) is 6.10. The van der Waals surface area contributed by atoms with E-state index in [-0.39, 0.29) is 23.8 Å². The molecule has 0 bridgehead atoms. The van der Waals surface area contributed by atoms with Crippen LogP contribution >= 0.6 is 11.6 Å². The highest BCUT2D eigenvalue weighted by Crippen LogP contribution is 2.27. The monoisotopic (exact) mass is 647 g/mol. The van der Waals surface area contributed by atoms with Crippen molar-refractivity contribution in [2.45, 2.75) is 43.7 Å². The zero-order chi connectivity index (χ0) is 32.2. The van der Waals surface area contributed by atoms with Crippen molar-refractivity contribution < 1.29 is 22.7 Å². The van der Waals surface area contributed by atoms with Gasteiger partial charge in [0.2, 0.25) is 11.8 Å². The van der Waals surface area contributed by atoms with Crippen LogP contribution in [0.2, 0.25) is 5.02 Å². The van der Waals surface area contributed by atoms with Crippen LogP contribution in [0.5, 0.6) is 5.75 Å². The van der Waals surface area contributed by atoms with E-state index in [4.69, 9.17) is 16.3 Å². The zero-order valence-corrected chi connectivity index (χ0v) is 27.0. The molecule has 0 heterocycles. The summed E-state index contributed by atoms with van der Waals surface area (Å²) in [5, 5.41) is 3.42. The van der Waals surface area contributed by atoms with Gasteiger partial charge in [-0.2, -0.15) is 0 Å². The van der Waals surface area contributed by atoms with E-state index < -0.39 is 28.5 Å². The van der Waals surface area contributed by atoms with Gasteiger partial charge in [-0.3, -0.25) is 13.9 Å². The molecule has 0 aliphatic carbocycles. The first-order valence-corrected chi connectivity index (χ1v) is 16.6. The number of hydrogen-bond acceptors (Lipinski definition) is 5. The number of unbranched alkanes of at least 4 members (excludes halogenated alkanes) is 1. The first-order valence-electron chi connectivity index (χ1n) is 14.8. The van der Waals surface area contributed by atoms with Crippen LogP contribution in [0, 0.1) is 0 Å². The lowest BCUT2D eigenvalue weighted by atomic mass is 10.0. The number of methoxy groups -OCH3 is 1. The van der Waals surface area contributed by atoms with Crippen molar-refractivity contribution in [3.05, 3.63) is 125 Å². The molecule has 0 saturated carbocycles. The van der Waals surface area contributed by atoms with Gasteiger partial charge in [0.05, 0.1) is 17.7 Å². The van der Waals surface area contributed by atoms with E-state index in [0.717, 1.165) is 22.7 Å². The summed E-state index contributed by atoms with van der Waals surface area (Å²) in [5.74, 6) is -0.376. The lowest BCUT2D eigenvalue weighted by Gasteiger charge is -2.34. The van der Waals surface area contributed by atoms with Gasteiger partial charge in [-0.15, -0.1) is 0 Å². The minimum atomic E-state index is -4.21. The van der Waals surface area contributed by atoms with Crippen LogP contribution in [0.15, 0.2) is 114 Å². The number of nitrogens with zero attached hydrogens (tertiary/aromatic N) is 2. The quantitative estimate of drug-likeness (QED) is 0.157. The smallest absolute Gasteiger partial charge is 0.264 e. The molecular weight excluding hydrogens is 610 g/mol. The van der Waals surface area contributed by atoms with Crippen LogP contribution < -0.4 is 14.4 Å². The molecule has 0 spiro atoms. The molecule has 2 amide bonds. The number of para-hydroxylation sites is 1. The lowest BCUT2D eigenvalue weighted by molar-refractivity contribution is -0.140. The number of sulfonamides is 1. The van der Waals surface area contributed by atoms with Crippen LogP contribution in [0.3, 0.4) is 0 Å². The zero-order valence-electron chi connectivity index (χ0n) is 25.4. The number of benzene rings is 4. The van der Waals surface area contributed by atoms with E-state index >= 15 is 0 Å². The normalized spacial score (nSPS) is 11.8. The molecule has 4 aromatic rings. The molecule has 8 nitrogen and oxygen atoms in total. The standard InChI is InChI=1S/C35H38ClN3O5S/c1-3-4-23-37-35(41)33(24-27-13-7-5-8-14-27)38(25-28-15-11-12-18-32(28)36)34(40)26-39(29-16-9-6-10-17-29)45(42,43)31-21-19-30(44-2)20-22-31/h5-22,33H,3-4,23-26H2,1-2H3,(H,37,41). The van der Waals surface area contributed by atoms with Crippen molar-refractivity contribution in [3.63, 3.8) is 0 Å². The maximum atomic E-state index is 14.5. The van der Waals surface area contributed by atoms with Gasteiger partial charge >= 0.3 is 0 Å². The molecule has 0 aliphatic heterocycles. The molecule has 0 fully saturated rings. The molecule has 4 rings (SSSR count). The van der Waals surface area contributed by atoms with E-state index in [9.17, 15) is 18.0 Å². The minimum Gasteiger partial charge on any atom is -0.497 e. The van der Waals surface area contributed by atoms with E-state index in [0.29, 0.717) is 28.6 Å². The van der Waals surface area contributed by atoms with Crippen molar-refractivity contribution in [2.24, 2.45) is 0 Å². The highest BCUT2D eigenvalue weighted by Gasteiger charge is 2.34. The Morgan fingerprint density at radius 3 is 2.11 bits per heavy atom. The van der Waals surface area contributed by atoms with Gasteiger partial charge in [-0.05, 0) is 60.0 Å². The molecule has 0 aliphatic rings. The Balaban J connectivity index is 1.77. The van der Waals surface area contributed by atoms with E-state index in [1.54, 1.807) is 60.7 Å². The number of carbonyl (C=O) groups excluding carboxylic acids is 2. The fraction of sp³-hybridized carbons (Fsp3) is 0.257. The SMILES string of the molecule is CCCCNC(=O)C(Cc1ccccc1)N(Cc1ccccc1Cl)C(=O)CN(c1ccccc1)S(=O)(=O)c1ccc(OC)cc1. The Morgan fingerprint density at radius 2 is 1.49 bits per heavy atom. The maximum absolute atomic E-state index is 14.5. The van der Waals surface area contributed by atoms with Crippen LogP contribution in [-0.2, 0) is 32.6 Å². The van der Waals surface area contributed by atoms with Crippen LogP contribution in [0.25, 0.3) is 0 Å².